The second-order valence-corrected chi connectivity index (χ2v) is 7.10. The van der Waals surface area contributed by atoms with Gasteiger partial charge in [0.15, 0.2) is 0 Å². The van der Waals surface area contributed by atoms with Crippen molar-refractivity contribution in [1.29, 1.82) is 0 Å². The normalized spacial score (nSPS) is 43.7. The van der Waals surface area contributed by atoms with E-state index >= 15 is 0 Å². The smallest absolute Gasteiger partial charge is 0.142 e. The first-order valence-corrected chi connectivity index (χ1v) is 7.28. The molecule has 4 aliphatic rings. The molecular weight excluding hydrogens is 210 g/mol. The van der Waals surface area contributed by atoms with Crippen molar-refractivity contribution in [3.63, 3.8) is 0 Å². The molecule has 4 rings (SSSR count). The molecule has 0 aromatic heterocycles. The van der Waals surface area contributed by atoms with E-state index in [0.29, 0.717) is 11.7 Å². The van der Waals surface area contributed by atoms with Crippen LogP contribution in [0.3, 0.4) is 0 Å². The predicted octanol–water partition coefficient (Wildman–Crippen LogP) is 2.72. The predicted molar refractivity (Wildman–Crippen MR) is 68.8 cm³/mol. The number of ketones is 1. The highest BCUT2D eigenvalue weighted by Crippen LogP contribution is 2.59. The summed E-state index contributed by atoms with van der Waals surface area (Å²) in [5, 5.41) is 0. The van der Waals surface area contributed by atoms with E-state index in [-0.39, 0.29) is 5.41 Å². The lowest BCUT2D eigenvalue weighted by molar-refractivity contribution is -0.153. The van der Waals surface area contributed by atoms with Crippen LogP contribution in [0.4, 0.5) is 0 Å². The molecule has 0 aliphatic heterocycles. The highest BCUT2D eigenvalue weighted by atomic mass is 16.1. The van der Waals surface area contributed by atoms with Crippen molar-refractivity contribution in [2.24, 2.45) is 23.2 Å². The van der Waals surface area contributed by atoms with Gasteiger partial charge in [-0.2, -0.15) is 0 Å². The van der Waals surface area contributed by atoms with Gasteiger partial charge in [0.25, 0.3) is 0 Å². The van der Waals surface area contributed by atoms with Gasteiger partial charge in [-0.3, -0.25) is 4.79 Å². The summed E-state index contributed by atoms with van der Waals surface area (Å²) in [5.41, 5.74) is 0.130. The molecule has 4 aliphatic carbocycles. The van der Waals surface area contributed by atoms with E-state index in [9.17, 15) is 4.79 Å². The Labute approximate surface area is 105 Å². The van der Waals surface area contributed by atoms with Crippen LogP contribution in [0.15, 0.2) is 0 Å². The zero-order chi connectivity index (χ0) is 12.0. The van der Waals surface area contributed by atoms with Crippen LogP contribution in [0.5, 0.6) is 0 Å². The maximum Gasteiger partial charge on any atom is 0.142 e. The molecule has 0 N–H and O–H groups in total. The average Bonchev–Trinajstić information content (AvgIpc) is 2.24. The monoisotopic (exact) mass is 235 g/mol. The molecule has 0 radical (unpaired) electrons. The van der Waals surface area contributed by atoms with Gasteiger partial charge in [-0.25, -0.2) is 0 Å². The number of nitrogens with zero attached hydrogens (tertiary/aromatic N) is 1. The van der Waals surface area contributed by atoms with E-state index in [1.807, 2.05) is 0 Å². The highest BCUT2D eigenvalue weighted by Gasteiger charge is 2.55. The van der Waals surface area contributed by atoms with Gasteiger partial charge in [0, 0.05) is 11.3 Å². The Morgan fingerprint density at radius 2 is 1.82 bits per heavy atom. The van der Waals surface area contributed by atoms with E-state index < -0.39 is 0 Å². The third kappa shape index (κ3) is 1.95. The molecule has 2 unspecified atom stereocenters. The van der Waals surface area contributed by atoms with Crippen molar-refractivity contribution in [3.05, 3.63) is 0 Å². The summed E-state index contributed by atoms with van der Waals surface area (Å²) < 4.78 is 0. The summed E-state index contributed by atoms with van der Waals surface area (Å²) in [7, 11) is 4.25. The summed E-state index contributed by atoms with van der Waals surface area (Å²) in [5.74, 6) is 2.90. The number of Topliss-reactive ketones (excluding diaryl/α,β-unsaturated/α-hetero) is 1. The van der Waals surface area contributed by atoms with E-state index in [2.05, 4.69) is 19.0 Å². The van der Waals surface area contributed by atoms with Crippen LogP contribution >= 0.6 is 0 Å². The van der Waals surface area contributed by atoms with Crippen LogP contribution in [0.2, 0.25) is 0 Å². The Morgan fingerprint density at radius 3 is 2.41 bits per heavy atom. The van der Waals surface area contributed by atoms with Crippen LogP contribution in [0.1, 0.15) is 44.9 Å². The number of carbonyl (C=O) groups excluding carboxylic acids is 1. The van der Waals surface area contributed by atoms with Crippen molar-refractivity contribution in [2.75, 3.05) is 20.6 Å². The topological polar surface area (TPSA) is 20.3 Å². The van der Waals surface area contributed by atoms with E-state index in [4.69, 9.17) is 0 Å². The molecule has 4 fully saturated rings. The van der Waals surface area contributed by atoms with Crippen molar-refractivity contribution in [3.8, 4) is 0 Å². The number of carbonyl (C=O) groups is 1. The maximum absolute atomic E-state index is 12.6. The minimum atomic E-state index is 0.130. The van der Waals surface area contributed by atoms with Crippen molar-refractivity contribution in [2.45, 2.75) is 44.9 Å². The first-order chi connectivity index (χ1) is 8.09. The van der Waals surface area contributed by atoms with Gasteiger partial charge in [0.05, 0.1) is 0 Å². The molecule has 0 saturated heterocycles. The molecule has 0 amide bonds. The number of hydrogen-bond donors (Lipinski definition) is 0. The SMILES string of the molecule is CN(C)CCCC12C[C@@H]3CC(C[C@@H](C3)C1)C2=O. The van der Waals surface area contributed by atoms with Crippen LogP contribution < -0.4 is 0 Å². The Balaban J connectivity index is 1.70. The first-order valence-electron chi connectivity index (χ1n) is 7.28. The summed E-state index contributed by atoms with van der Waals surface area (Å²) >= 11 is 0. The molecule has 4 bridgehead atoms. The van der Waals surface area contributed by atoms with Gasteiger partial charge in [0.2, 0.25) is 0 Å². The molecular formula is C15H25NO. The molecule has 2 heteroatoms. The highest BCUT2D eigenvalue weighted by molar-refractivity contribution is 5.89. The van der Waals surface area contributed by atoms with Gasteiger partial charge in [-0.1, -0.05) is 0 Å². The minimum Gasteiger partial charge on any atom is -0.309 e. The lowest BCUT2D eigenvalue weighted by Crippen LogP contribution is -2.53. The molecule has 4 saturated carbocycles. The fourth-order valence-electron chi connectivity index (χ4n) is 5.00. The summed E-state index contributed by atoms with van der Waals surface area (Å²) in [6.07, 6.45) is 8.70. The van der Waals surface area contributed by atoms with Crippen molar-refractivity contribution >= 4 is 5.78 Å². The van der Waals surface area contributed by atoms with E-state index in [0.717, 1.165) is 24.8 Å². The largest absolute Gasteiger partial charge is 0.309 e. The van der Waals surface area contributed by atoms with Crippen molar-refractivity contribution < 1.29 is 4.79 Å². The average molecular weight is 235 g/mol. The van der Waals surface area contributed by atoms with Crippen LogP contribution in [0, 0.1) is 23.2 Å². The fraction of sp³-hybridized carbons (Fsp3) is 0.933. The molecule has 2 nitrogen and oxygen atoms in total. The second kappa shape index (κ2) is 4.08. The van der Waals surface area contributed by atoms with Crippen LogP contribution in [-0.2, 0) is 4.79 Å². The van der Waals surface area contributed by atoms with Crippen molar-refractivity contribution in [1.82, 2.24) is 4.90 Å². The van der Waals surface area contributed by atoms with Crippen LogP contribution in [-0.4, -0.2) is 31.3 Å². The lowest BCUT2D eigenvalue weighted by atomic mass is 9.48. The van der Waals surface area contributed by atoms with Gasteiger partial charge < -0.3 is 4.90 Å². The minimum absolute atomic E-state index is 0.130. The van der Waals surface area contributed by atoms with Gasteiger partial charge >= 0.3 is 0 Å². The molecule has 17 heavy (non-hydrogen) atoms. The van der Waals surface area contributed by atoms with Gasteiger partial charge in [-0.05, 0) is 77.4 Å². The Morgan fingerprint density at radius 1 is 1.18 bits per heavy atom. The van der Waals surface area contributed by atoms with Gasteiger partial charge in [0.1, 0.15) is 5.78 Å². The zero-order valence-corrected chi connectivity index (χ0v) is 11.2. The third-order valence-electron chi connectivity index (χ3n) is 5.42. The molecule has 4 atom stereocenters. The summed E-state index contributed by atoms with van der Waals surface area (Å²) in [4.78, 5) is 14.8. The Kier molecular flexibility index (Phi) is 2.81. The molecule has 0 aromatic carbocycles. The van der Waals surface area contributed by atoms with Crippen LogP contribution in [0.25, 0.3) is 0 Å². The summed E-state index contributed by atoms with van der Waals surface area (Å²) in [6.45, 7) is 1.13. The Hall–Kier alpha value is -0.370. The molecule has 0 aromatic rings. The zero-order valence-electron chi connectivity index (χ0n) is 11.2. The standard InChI is InChI=1S/C15H25NO/c1-16(2)5-3-4-15-9-11-6-12(10-15)8-13(7-11)14(15)17/h11-13H,3-10H2,1-2H3/t11-,12+,13?,15?. The number of rotatable bonds is 4. The lowest BCUT2D eigenvalue weighted by Gasteiger charge is -2.55. The number of hydrogen-bond acceptors (Lipinski definition) is 2. The molecule has 0 heterocycles. The van der Waals surface area contributed by atoms with Gasteiger partial charge in [-0.15, -0.1) is 0 Å². The van der Waals surface area contributed by atoms with E-state index in [1.165, 1.54) is 38.5 Å². The van der Waals surface area contributed by atoms with E-state index in [1.54, 1.807) is 0 Å². The first kappa shape index (κ1) is 11.7. The molecule has 0 spiro atoms. The summed E-state index contributed by atoms with van der Waals surface area (Å²) in [6, 6.07) is 0. The third-order valence-corrected chi connectivity index (χ3v) is 5.42. The second-order valence-electron chi connectivity index (χ2n) is 7.10. The Bertz CT molecular complexity index is 309. The maximum atomic E-state index is 12.6. The quantitative estimate of drug-likeness (QED) is 0.747. The molecule has 96 valence electrons. The fourth-order valence-corrected chi connectivity index (χ4v) is 5.00.